The fraction of sp³-hybridized carbons (Fsp3) is 0.267. The number of rotatable bonds is 3. The molecule has 0 radical (unpaired) electrons. The smallest absolute Gasteiger partial charge is 0.202 e. The molecule has 1 aliphatic heterocycles. The molecule has 0 aromatic heterocycles. The van der Waals surface area contributed by atoms with Gasteiger partial charge in [0.15, 0.2) is 5.60 Å². The third-order valence-corrected chi connectivity index (χ3v) is 2.86. The van der Waals surface area contributed by atoms with Gasteiger partial charge in [-0.15, -0.1) is 0 Å². The molecule has 0 amide bonds. The number of ketones is 1. The van der Waals surface area contributed by atoms with Gasteiger partial charge in [0.05, 0.1) is 5.76 Å². The van der Waals surface area contributed by atoms with Gasteiger partial charge in [0.2, 0.25) is 5.78 Å². The van der Waals surface area contributed by atoms with E-state index >= 15 is 0 Å². The Labute approximate surface area is 102 Å². The summed E-state index contributed by atoms with van der Waals surface area (Å²) < 4.78 is 5.56. The molecule has 1 atom stereocenters. The summed E-state index contributed by atoms with van der Waals surface area (Å²) in [7, 11) is 0. The van der Waals surface area contributed by atoms with Crippen LogP contribution < -0.4 is 0 Å². The van der Waals surface area contributed by atoms with Crippen molar-refractivity contribution in [1.29, 1.82) is 0 Å². The predicted octanol–water partition coefficient (Wildman–Crippen LogP) is 3.35. The lowest BCUT2D eigenvalue weighted by Gasteiger charge is -2.21. The maximum atomic E-state index is 11.7. The molecule has 1 aromatic carbocycles. The summed E-state index contributed by atoms with van der Waals surface area (Å²) in [5, 5.41) is 0. The highest BCUT2D eigenvalue weighted by atomic mass is 16.5. The summed E-state index contributed by atoms with van der Waals surface area (Å²) in [6.07, 6.45) is 6.15. The molecule has 1 heterocycles. The quantitative estimate of drug-likeness (QED) is 0.793. The number of hydrogen-bond donors (Lipinski definition) is 0. The number of allylic oxidation sites excluding steroid dienone is 1. The van der Waals surface area contributed by atoms with E-state index in [1.165, 1.54) is 0 Å². The van der Waals surface area contributed by atoms with Gasteiger partial charge < -0.3 is 4.74 Å². The number of benzene rings is 1. The van der Waals surface area contributed by atoms with Crippen molar-refractivity contribution in [1.82, 2.24) is 0 Å². The van der Waals surface area contributed by atoms with Gasteiger partial charge >= 0.3 is 0 Å². The molecule has 0 saturated heterocycles. The standard InChI is InChI=1S/C15H16O2/c1-12-11-14(16)15(2,17-12)10-6-9-13-7-4-3-5-8-13/h3-9,11H,10H2,1-2H3/b9-6+. The normalized spacial score (nSPS) is 23.9. The van der Waals surface area contributed by atoms with E-state index < -0.39 is 5.60 Å². The summed E-state index contributed by atoms with van der Waals surface area (Å²) in [6.45, 7) is 3.64. The average Bonchev–Trinajstić information content (AvgIpc) is 2.54. The lowest BCUT2D eigenvalue weighted by atomic mass is 9.97. The van der Waals surface area contributed by atoms with Gasteiger partial charge in [-0.05, 0) is 19.4 Å². The molecule has 0 saturated carbocycles. The average molecular weight is 228 g/mol. The maximum Gasteiger partial charge on any atom is 0.202 e. The van der Waals surface area contributed by atoms with Crippen LogP contribution in [0.4, 0.5) is 0 Å². The van der Waals surface area contributed by atoms with Gasteiger partial charge in [0.25, 0.3) is 0 Å². The molecular formula is C15H16O2. The molecule has 2 rings (SSSR count). The zero-order chi connectivity index (χ0) is 12.3. The van der Waals surface area contributed by atoms with Crippen molar-refractivity contribution in [3.63, 3.8) is 0 Å². The Hall–Kier alpha value is -1.83. The fourth-order valence-corrected chi connectivity index (χ4v) is 1.90. The summed E-state index contributed by atoms with van der Waals surface area (Å²) in [5.41, 5.74) is 0.418. The molecule has 0 aliphatic carbocycles. The molecular weight excluding hydrogens is 212 g/mol. The lowest BCUT2D eigenvalue weighted by Crippen LogP contribution is -2.31. The minimum absolute atomic E-state index is 0.0488. The maximum absolute atomic E-state index is 11.7. The third kappa shape index (κ3) is 2.64. The molecule has 0 spiro atoms. The molecule has 1 aliphatic rings. The van der Waals surface area contributed by atoms with Crippen LogP contribution in [-0.2, 0) is 9.53 Å². The van der Waals surface area contributed by atoms with E-state index in [2.05, 4.69) is 0 Å². The van der Waals surface area contributed by atoms with Crippen LogP contribution in [0.3, 0.4) is 0 Å². The van der Waals surface area contributed by atoms with E-state index in [-0.39, 0.29) is 5.78 Å². The van der Waals surface area contributed by atoms with Gasteiger partial charge in [0, 0.05) is 12.5 Å². The van der Waals surface area contributed by atoms with Crippen molar-refractivity contribution < 1.29 is 9.53 Å². The Morgan fingerprint density at radius 1 is 1.29 bits per heavy atom. The highest BCUT2D eigenvalue weighted by Gasteiger charge is 2.37. The van der Waals surface area contributed by atoms with Crippen molar-refractivity contribution in [2.45, 2.75) is 25.9 Å². The molecule has 17 heavy (non-hydrogen) atoms. The van der Waals surface area contributed by atoms with Crippen LogP contribution in [0.5, 0.6) is 0 Å². The molecule has 1 unspecified atom stereocenters. The predicted molar refractivity (Wildman–Crippen MR) is 68.3 cm³/mol. The monoisotopic (exact) mass is 228 g/mol. The molecule has 2 heteroatoms. The van der Waals surface area contributed by atoms with E-state index in [1.54, 1.807) is 6.08 Å². The van der Waals surface area contributed by atoms with Gasteiger partial charge in [-0.1, -0.05) is 42.5 Å². The van der Waals surface area contributed by atoms with Crippen LogP contribution in [0.2, 0.25) is 0 Å². The minimum Gasteiger partial charge on any atom is -0.484 e. The van der Waals surface area contributed by atoms with Crippen molar-refractivity contribution in [2.75, 3.05) is 0 Å². The van der Waals surface area contributed by atoms with Gasteiger partial charge in [-0.3, -0.25) is 4.79 Å². The number of hydrogen-bond acceptors (Lipinski definition) is 2. The second-order valence-electron chi connectivity index (χ2n) is 4.47. The molecule has 1 aromatic rings. The largest absolute Gasteiger partial charge is 0.484 e. The Balaban J connectivity index is 2.00. The molecule has 88 valence electrons. The SMILES string of the molecule is CC1=CC(=O)C(C)(C/C=C/c2ccccc2)O1. The topological polar surface area (TPSA) is 26.3 Å². The van der Waals surface area contributed by atoms with Gasteiger partial charge in [-0.25, -0.2) is 0 Å². The van der Waals surface area contributed by atoms with E-state index in [0.29, 0.717) is 12.2 Å². The Morgan fingerprint density at radius 3 is 2.59 bits per heavy atom. The van der Waals surface area contributed by atoms with Crippen LogP contribution >= 0.6 is 0 Å². The second kappa shape index (κ2) is 4.58. The first-order valence-electron chi connectivity index (χ1n) is 5.73. The highest BCUT2D eigenvalue weighted by molar-refractivity contribution is 5.99. The van der Waals surface area contributed by atoms with Crippen LogP contribution in [0.1, 0.15) is 25.8 Å². The summed E-state index contributed by atoms with van der Waals surface area (Å²) in [5.74, 6) is 0.748. The zero-order valence-corrected chi connectivity index (χ0v) is 10.1. The van der Waals surface area contributed by atoms with Crippen molar-refractivity contribution in [3.05, 3.63) is 53.8 Å². The van der Waals surface area contributed by atoms with Crippen molar-refractivity contribution in [2.24, 2.45) is 0 Å². The first kappa shape index (κ1) is 11.6. The Morgan fingerprint density at radius 2 is 2.00 bits per heavy atom. The Bertz CT molecular complexity index is 471. The number of ether oxygens (including phenoxy) is 1. The van der Waals surface area contributed by atoms with Gasteiger partial charge in [0.1, 0.15) is 0 Å². The third-order valence-electron chi connectivity index (χ3n) is 2.86. The summed E-state index contributed by atoms with van der Waals surface area (Å²) in [6, 6.07) is 10.0. The van der Waals surface area contributed by atoms with E-state index in [0.717, 1.165) is 5.56 Å². The molecule has 2 nitrogen and oxygen atoms in total. The first-order chi connectivity index (χ1) is 8.10. The second-order valence-corrected chi connectivity index (χ2v) is 4.47. The van der Waals surface area contributed by atoms with Crippen LogP contribution in [0, 0.1) is 0 Å². The minimum atomic E-state index is -0.713. The van der Waals surface area contributed by atoms with Crippen molar-refractivity contribution >= 4 is 11.9 Å². The van der Waals surface area contributed by atoms with E-state index in [4.69, 9.17) is 4.74 Å². The first-order valence-corrected chi connectivity index (χ1v) is 5.73. The lowest BCUT2D eigenvalue weighted by molar-refractivity contribution is -0.128. The Kier molecular flexibility index (Phi) is 3.14. The fourth-order valence-electron chi connectivity index (χ4n) is 1.90. The van der Waals surface area contributed by atoms with Gasteiger partial charge in [-0.2, -0.15) is 0 Å². The number of carbonyl (C=O) groups excluding carboxylic acids is 1. The molecule has 0 fully saturated rings. The zero-order valence-electron chi connectivity index (χ0n) is 10.1. The van der Waals surface area contributed by atoms with Crippen LogP contribution in [0.15, 0.2) is 48.2 Å². The number of carbonyl (C=O) groups is 1. The van der Waals surface area contributed by atoms with Crippen LogP contribution in [-0.4, -0.2) is 11.4 Å². The van der Waals surface area contributed by atoms with E-state index in [1.807, 2.05) is 56.3 Å². The molecule has 0 N–H and O–H groups in total. The summed E-state index contributed by atoms with van der Waals surface area (Å²) in [4.78, 5) is 11.7. The summed E-state index contributed by atoms with van der Waals surface area (Å²) >= 11 is 0. The molecule has 0 bridgehead atoms. The van der Waals surface area contributed by atoms with Crippen molar-refractivity contribution in [3.8, 4) is 0 Å². The van der Waals surface area contributed by atoms with Crippen LogP contribution in [0.25, 0.3) is 6.08 Å². The van der Waals surface area contributed by atoms with E-state index in [9.17, 15) is 4.79 Å². The highest BCUT2D eigenvalue weighted by Crippen LogP contribution is 2.28.